The zero-order valence-electron chi connectivity index (χ0n) is 10.6. The summed E-state index contributed by atoms with van der Waals surface area (Å²) in [7, 11) is 0. The summed E-state index contributed by atoms with van der Waals surface area (Å²) in [6.07, 6.45) is 4.43. The molecule has 0 saturated carbocycles. The number of thiocarbonyl (C=S) groups is 2. The van der Waals surface area contributed by atoms with Crippen LogP contribution in [0.5, 0.6) is 0 Å². The molecule has 2 aliphatic rings. The minimum atomic E-state index is -0.0808. The van der Waals surface area contributed by atoms with Crippen LogP contribution < -0.4 is 0 Å². The van der Waals surface area contributed by atoms with Crippen LogP contribution in [-0.4, -0.2) is 52.2 Å². The fraction of sp³-hybridized carbons (Fsp3) is 0.571. The summed E-state index contributed by atoms with van der Waals surface area (Å²) in [5.74, 6) is 2.65. The maximum atomic E-state index is 5.51. The zero-order chi connectivity index (χ0) is 13.2. The quantitative estimate of drug-likeness (QED) is 0.344. The van der Waals surface area contributed by atoms with E-state index in [1.807, 2.05) is 23.5 Å². The Labute approximate surface area is 144 Å². The van der Waals surface area contributed by atoms with E-state index < -0.39 is 0 Å². The van der Waals surface area contributed by atoms with Crippen LogP contribution in [0.25, 0.3) is 0 Å². The van der Waals surface area contributed by atoms with Crippen molar-refractivity contribution in [2.24, 2.45) is 0 Å². The topological polar surface area (TPSA) is 0 Å². The summed E-state index contributed by atoms with van der Waals surface area (Å²) < 4.78 is 4.10. The molecule has 1 aromatic heterocycles. The summed E-state index contributed by atoms with van der Waals surface area (Å²) in [4.78, 5) is 2.53. The van der Waals surface area contributed by atoms with E-state index in [0.29, 0.717) is 0 Å². The molecule has 2 unspecified atom stereocenters. The van der Waals surface area contributed by atoms with Gasteiger partial charge in [-0.3, -0.25) is 0 Å². The van der Waals surface area contributed by atoms with Gasteiger partial charge in [-0.25, -0.2) is 0 Å². The van der Waals surface area contributed by atoms with Gasteiger partial charge in [-0.2, -0.15) is 0 Å². The third kappa shape index (κ3) is 5.45. The number of rotatable bonds is 8. The summed E-state index contributed by atoms with van der Waals surface area (Å²) in [5, 5.41) is 1.70. The fourth-order valence-corrected chi connectivity index (χ4v) is 7.08. The normalized spacial score (nSPS) is 24.2. The van der Waals surface area contributed by atoms with Gasteiger partial charge >= 0.3 is 145 Å². The second-order valence-electron chi connectivity index (χ2n) is 5.17. The molecular weight excluding hydrogens is 424 g/mol. The van der Waals surface area contributed by atoms with Gasteiger partial charge in [-0.05, 0) is 0 Å². The van der Waals surface area contributed by atoms with Gasteiger partial charge in [0.1, 0.15) is 0 Å². The monoisotopic (exact) mass is 442 g/mol. The Bertz CT molecular complexity index is 443. The van der Waals surface area contributed by atoms with Crippen LogP contribution in [0.1, 0.15) is 22.0 Å². The summed E-state index contributed by atoms with van der Waals surface area (Å²) in [6.45, 7) is 0. The Morgan fingerprint density at radius 1 is 1.11 bits per heavy atom. The molecule has 19 heavy (non-hydrogen) atoms. The second-order valence-corrected chi connectivity index (χ2v) is 11.8. The van der Waals surface area contributed by atoms with Crippen LogP contribution in [0.4, 0.5) is 0 Å². The van der Waals surface area contributed by atoms with Crippen molar-refractivity contribution in [3.8, 4) is 0 Å². The molecule has 0 bridgehead atoms. The van der Waals surface area contributed by atoms with Crippen molar-refractivity contribution in [2.45, 2.75) is 36.2 Å². The van der Waals surface area contributed by atoms with Crippen LogP contribution in [0.3, 0.4) is 0 Å². The molecule has 5 heteroatoms. The molecule has 2 saturated heterocycles. The van der Waals surface area contributed by atoms with Gasteiger partial charge in [0.15, 0.2) is 0 Å². The number of hydrogen-bond acceptors (Lipinski definition) is 4. The SMILES string of the molecule is S=C(Cc1c[te]c(CC(=S)CC2CS2)c1)CC1CS1. The predicted octanol–water partition coefficient (Wildman–Crippen LogP) is 3.58. The van der Waals surface area contributed by atoms with E-state index in [0.717, 1.165) is 36.2 Å². The Balaban J connectivity index is 1.47. The molecule has 2 fully saturated rings. The van der Waals surface area contributed by atoms with Crippen LogP contribution >= 0.6 is 48.0 Å². The van der Waals surface area contributed by atoms with Gasteiger partial charge < -0.3 is 0 Å². The average molecular weight is 440 g/mol. The van der Waals surface area contributed by atoms with Gasteiger partial charge in [-0.1, -0.05) is 0 Å². The van der Waals surface area contributed by atoms with E-state index in [2.05, 4.69) is 10.1 Å². The Morgan fingerprint density at radius 2 is 1.68 bits per heavy atom. The van der Waals surface area contributed by atoms with Gasteiger partial charge in [0.05, 0.1) is 0 Å². The third-order valence-corrected chi connectivity index (χ3v) is 8.57. The first-order chi connectivity index (χ1) is 9.19. The van der Waals surface area contributed by atoms with E-state index in [1.165, 1.54) is 26.8 Å². The van der Waals surface area contributed by atoms with Gasteiger partial charge in [-0.15, -0.1) is 0 Å². The summed E-state index contributed by atoms with van der Waals surface area (Å²) >= 11 is 15.0. The molecular formula is C14H16S4Te. The van der Waals surface area contributed by atoms with Crippen molar-refractivity contribution in [3.05, 3.63) is 19.3 Å². The van der Waals surface area contributed by atoms with Crippen molar-refractivity contribution >= 4 is 78.1 Å². The van der Waals surface area contributed by atoms with Crippen LogP contribution in [0, 0.1) is 0 Å². The van der Waals surface area contributed by atoms with Crippen LogP contribution in [0.15, 0.2) is 10.1 Å². The Morgan fingerprint density at radius 3 is 2.26 bits per heavy atom. The molecule has 102 valence electrons. The molecule has 0 aromatic carbocycles. The standard InChI is InChI=1S/C14H16S4Te/c15-10(3-12-6-17-12)1-9-2-14(19-8-9)5-11(16)4-13-7-18-13/h2,8,12-13H,1,3-7H2. The molecule has 0 aliphatic carbocycles. The van der Waals surface area contributed by atoms with Crippen molar-refractivity contribution in [2.75, 3.05) is 11.5 Å². The molecule has 1 aromatic rings. The molecule has 3 rings (SSSR count). The predicted molar refractivity (Wildman–Crippen MR) is 97.7 cm³/mol. The molecule has 0 nitrogen and oxygen atoms in total. The van der Waals surface area contributed by atoms with Crippen molar-refractivity contribution in [1.29, 1.82) is 0 Å². The average Bonchev–Trinajstić information content (AvgIpc) is 3.24. The first kappa shape index (κ1) is 15.1. The van der Waals surface area contributed by atoms with Crippen molar-refractivity contribution in [3.63, 3.8) is 0 Å². The zero-order valence-corrected chi connectivity index (χ0v) is 16.2. The van der Waals surface area contributed by atoms with E-state index in [4.69, 9.17) is 24.4 Å². The Hall–Kier alpha value is 1.15. The van der Waals surface area contributed by atoms with Crippen molar-refractivity contribution < 1.29 is 0 Å². The first-order valence-corrected chi connectivity index (χ1v) is 11.9. The van der Waals surface area contributed by atoms with Gasteiger partial charge in [0.25, 0.3) is 0 Å². The minimum absolute atomic E-state index is 0.0808. The third-order valence-electron chi connectivity index (χ3n) is 3.20. The fourth-order valence-electron chi connectivity index (χ4n) is 2.06. The van der Waals surface area contributed by atoms with Crippen LogP contribution in [-0.2, 0) is 12.8 Å². The number of thioether (sulfide) groups is 2. The number of hydrogen-bond donors (Lipinski definition) is 0. The first-order valence-electron chi connectivity index (χ1n) is 6.52. The summed E-state index contributed by atoms with van der Waals surface area (Å²) in [6, 6.07) is 2.40. The van der Waals surface area contributed by atoms with Crippen LogP contribution in [0.2, 0.25) is 0 Å². The Kier molecular flexibility index (Phi) is 5.50. The molecule has 0 radical (unpaired) electrons. The second kappa shape index (κ2) is 6.94. The van der Waals surface area contributed by atoms with E-state index in [9.17, 15) is 0 Å². The molecule has 0 amide bonds. The van der Waals surface area contributed by atoms with E-state index in [-0.39, 0.29) is 20.4 Å². The summed E-state index contributed by atoms with van der Waals surface area (Å²) in [5.41, 5.74) is 1.48. The molecule has 2 atom stereocenters. The maximum absolute atomic E-state index is 5.51. The van der Waals surface area contributed by atoms with Gasteiger partial charge in [0.2, 0.25) is 0 Å². The molecule has 2 aliphatic heterocycles. The van der Waals surface area contributed by atoms with E-state index >= 15 is 0 Å². The molecule has 3 heterocycles. The van der Waals surface area contributed by atoms with Gasteiger partial charge in [0, 0.05) is 0 Å². The van der Waals surface area contributed by atoms with Crippen molar-refractivity contribution in [1.82, 2.24) is 0 Å². The molecule has 0 N–H and O–H groups in total. The molecule has 0 spiro atoms. The van der Waals surface area contributed by atoms with E-state index in [1.54, 1.807) is 3.58 Å².